The summed E-state index contributed by atoms with van der Waals surface area (Å²) in [7, 11) is -3.18. The summed E-state index contributed by atoms with van der Waals surface area (Å²) in [4.78, 5) is 16.1. The molecule has 27 heavy (non-hydrogen) atoms. The Hall–Kier alpha value is -2.19. The van der Waals surface area contributed by atoms with Crippen molar-refractivity contribution in [3.63, 3.8) is 0 Å². The zero-order chi connectivity index (χ0) is 19.7. The second-order valence-corrected chi connectivity index (χ2v) is 8.28. The fourth-order valence-corrected chi connectivity index (χ4v) is 3.62. The van der Waals surface area contributed by atoms with Crippen LogP contribution in [0.3, 0.4) is 0 Å². The standard InChI is InChI=1S/C19H27N3O4S/c1-3-22(27(2,24)25)14-8-13-20-18(23)11-7-12-19-21-15-17(26-19)16-9-5-4-6-10-16/h4-6,9-10,15H,3,7-8,11-14H2,1-2H3,(H,20,23). The van der Waals surface area contributed by atoms with Crippen molar-refractivity contribution in [2.24, 2.45) is 0 Å². The maximum Gasteiger partial charge on any atom is 0.220 e. The van der Waals surface area contributed by atoms with Crippen LogP contribution < -0.4 is 5.32 Å². The van der Waals surface area contributed by atoms with Gasteiger partial charge in [0.2, 0.25) is 15.9 Å². The summed E-state index contributed by atoms with van der Waals surface area (Å²) in [5.74, 6) is 1.29. The molecule has 0 aliphatic heterocycles. The van der Waals surface area contributed by atoms with Gasteiger partial charge >= 0.3 is 0 Å². The minimum Gasteiger partial charge on any atom is -0.441 e. The number of carbonyl (C=O) groups is 1. The molecule has 0 aliphatic carbocycles. The van der Waals surface area contributed by atoms with E-state index >= 15 is 0 Å². The van der Waals surface area contributed by atoms with Crippen LogP contribution in [0.5, 0.6) is 0 Å². The van der Waals surface area contributed by atoms with Gasteiger partial charge in [0.25, 0.3) is 0 Å². The summed E-state index contributed by atoms with van der Waals surface area (Å²) in [5, 5.41) is 2.82. The molecular weight excluding hydrogens is 366 g/mol. The summed E-state index contributed by atoms with van der Waals surface area (Å²) in [6.07, 6.45) is 5.11. The molecule has 0 radical (unpaired) electrons. The molecule has 7 nitrogen and oxygen atoms in total. The Morgan fingerprint density at radius 3 is 2.63 bits per heavy atom. The highest BCUT2D eigenvalue weighted by molar-refractivity contribution is 7.88. The Morgan fingerprint density at radius 1 is 1.22 bits per heavy atom. The number of oxazole rings is 1. The van der Waals surface area contributed by atoms with E-state index in [1.54, 1.807) is 13.1 Å². The van der Waals surface area contributed by atoms with Crippen LogP contribution in [-0.2, 0) is 21.2 Å². The predicted octanol–water partition coefficient (Wildman–Crippen LogP) is 2.45. The van der Waals surface area contributed by atoms with Gasteiger partial charge in [-0.25, -0.2) is 17.7 Å². The average molecular weight is 394 g/mol. The lowest BCUT2D eigenvalue weighted by molar-refractivity contribution is -0.121. The summed E-state index contributed by atoms with van der Waals surface area (Å²) in [6, 6.07) is 9.75. The van der Waals surface area contributed by atoms with E-state index in [0.717, 1.165) is 11.3 Å². The third-order valence-electron chi connectivity index (χ3n) is 4.13. The molecule has 0 bridgehead atoms. The second-order valence-electron chi connectivity index (χ2n) is 6.30. The quantitative estimate of drug-likeness (QED) is 0.592. The van der Waals surface area contributed by atoms with Gasteiger partial charge in [0.1, 0.15) is 0 Å². The van der Waals surface area contributed by atoms with Gasteiger partial charge in [-0.3, -0.25) is 4.79 Å². The molecule has 8 heteroatoms. The van der Waals surface area contributed by atoms with E-state index in [1.165, 1.54) is 10.6 Å². The van der Waals surface area contributed by atoms with Gasteiger partial charge in [0.15, 0.2) is 11.7 Å². The predicted molar refractivity (Wildman–Crippen MR) is 105 cm³/mol. The smallest absolute Gasteiger partial charge is 0.220 e. The molecule has 1 amide bonds. The van der Waals surface area contributed by atoms with Gasteiger partial charge in [-0.05, 0) is 12.8 Å². The molecule has 0 fully saturated rings. The van der Waals surface area contributed by atoms with Crippen LogP contribution in [0.4, 0.5) is 0 Å². The molecule has 0 spiro atoms. The van der Waals surface area contributed by atoms with Crippen LogP contribution in [0.15, 0.2) is 40.9 Å². The van der Waals surface area contributed by atoms with Crippen molar-refractivity contribution in [1.82, 2.24) is 14.6 Å². The number of amides is 1. The van der Waals surface area contributed by atoms with Crippen molar-refractivity contribution < 1.29 is 17.6 Å². The normalized spacial score (nSPS) is 11.7. The number of aromatic nitrogens is 1. The van der Waals surface area contributed by atoms with E-state index in [-0.39, 0.29) is 5.91 Å². The molecular formula is C19H27N3O4S. The van der Waals surface area contributed by atoms with Gasteiger partial charge < -0.3 is 9.73 Å². The van der Waals surface area contributed by atoms with Crippen LogP contribution in [-0.4, -0.2) is 49.5 Å². The Labute approximate surface area is 160 Å². The van der Waals surface area contributed by atoms with Crippen molar-refractivity contribution in [1.29, 1.82) is 0 Å². The van der Waals surface area contributed by atoms with Crippen molar-refractivity contribution in [3.05, 3.63) is 42.4 Å². The molecule has 1 aromatic heterocycles. The van der Waals surface area contributed by atoms with Crippen LogP contribution in [0.25, 0.3) is 11.3 Å². The van der Waals surface area contributed by atoms with Crippen LogP contribution in [0.1, 0.15) is 32.1 Å². The summed E-state index contributed by atoms with van der Waals surface area (Å²) >= 11 is 0. The molecule has 0 saturated carbocycles. The fourth-order valence-electron chi connectivity index (χ4n) is 2.69. The SMILES string of the molecule is CCN(CCCNC(=O)CCCc1ncc(-c2ccccc2)o1)S(C)(=O)=O. The van der Waals surface area contributed by atoms with Crippen molar-refractivity contribution >= 4 is 15.9 Å². The minimum atomic E-state index is -3.18. The number of hydrogen-bond donors (Lipinski definition) is 1. The molecule has 1 N–H and O–H groups in total. The molecule has 2 aromatic rings. The van der Waals surface area contributed by atoms with Crippen molar-refractivity contribution in [2.75, 3.05) is 25.9 Å². The van der Waals surface area contributed by atoms with E-state index in [4.69, 9.17) is 4.42 Å². The number of nitrogens with zero attached hydrogens (tertiary/aromatic N) is 2. The Balaban J connectivity index is 1.64. The van der Waals surface area contributed by atoms with Crippen LogP contribution in [0, 0.1) is 0 Å². The lowest BCUT2D eigenvalue weighted by Gasteiger charge is -2.17. The highest BCUT2D eigenvalue weighted by Gasteiger charge is 2.13. The van der Waals surface area contributed by atoms with E-state index in [1.807, 2.05) is 30.3 Å². The summed E-state index contributed by atoms with van der Waals surface area (Å²) < 4.78 is 30.1. The molecule has 148 valence electrons. The molecule has 1 heterocycles. The van der Waals surface area contributed by atoms with Gasteiger partial charge in [-0.15, -0.1) is 0 Å². The van der Waals surface area contributed by atoms with E-state index in [2.05, 4.69) is 10.3 Å². The third kappa shape index (κ3) is 7.15. The molecule has 0 aliphatic rings. The Kier molecular flexibility index (Phi) is 7.99. The number of sulfonamides is 1. The van der Waals surface area contributed by atoms with Crippen molar-refractivity contribution in [3.8, 4) is 11.3 Å². The first-order chi connectivity index (χ1) is 12.9. The fraction of sp³-hybridized carbons (Fsp3) is 0.474. The third-order valence-corrected chi connectivity index (χ3v) is 5.51. The number of rotatable bonds is 11. The summed E-state index contributed by atoms with van der Waals surface area (Å²) in [5.41, 5.74) is 0.976. The van der Waals surface area contributed by atoms with Crippen LogP contribution >= 0.6 is 0 Å². The number of benzene rings is 1. The highest BCUT2D eigenvalue weighted by Crippen LogP contribution is 2.20. The molecule has 0 unspecified atom stereocenters. The molecule has 2 rings (SSSR count). The Bertz CT molecular complexity index is 818. The van der Waals surface area contributed by atoms with Gasteiger partial charge in [0, 0.05) is 38.0 Å². The largest absolute Gasteiger partial charge is 0.441 e. The number of nitrogens with one attached hydrogen (secondary N) is 1. The zero-order valence-corrected chi connectivity index (χ0v) is 16.7. The maximum absolute atomic E-state index is 11.9. The average Bonchev–Trinajstić information content (AvgIpc) is 3.10. The number of aryl methyl sites for hydroxylation is 1. The monoisotopic (exact) mass is 393 g/mol. The first kappa shape index (κ1) is 21.1. The van der Waals surface area contributed by atoms with Crippen molar-refractivity contribution in [2.45, 2.75) is 32.6 Å². The van der Waals surface area contributed by atoms with Gasteiger partial charge in [-0.2, -0.15) is 0 Å². The number of hydrogen-bond acceptors (Lipinski definition) is 5. The number of carbonyl (C=O) groups excluding carboxylic acids is 1. The minimum absolute atomic E-state index is 0.0488. The highest BCUT2D eigenvalue weighted by atomic mass is 32.2. The first-order valence-electron chi connectivity index (χ1n) is 9.12. The second kappa shape index (κ2) is 10.2. The first-order valence-corrected chi connectivity index (χ1v) is 11.0. The molecule has 0 atom stereocenters. The van der Waals surface area contributed by atoms with E-state index in [0.29, 0.717) is 51.2 Å². The van der Waals surface area contributed by atoms with Crippen LogP contribution in [0.2, 0.25) is 0 Å². The van der Waals surface area contributed by atoms with E-state index < -0.39 is 10.0 Å². The lowest BCUT2D eigenvalue weighted by Crippen LogP contribution is -2.33. The summed E-state index contributed by atoms with van der Waals surface area (Å²) in [6.45, 7) is 3.11. The zero-order valence-electron chi connectivity index (χ0n) is 15.8. The molecule has 0 saturated heterocycles. The van der Waals surface area contributed by atoms with E-state index in [9.17, 15) is 13.2 Å². The molecule has 1 aromatic carbocycles. The topological polar surface area (TPSA) is 92.5 Å². The lowest BCUT2D eigenvalue weighted by atomic mass is 10.2. The van der Waals surface area contributed by atoms with Gasteiger partial charge in [0.05, 0.1) is 12.5 Å². The van der Waals surface area contributed by atoms with Gasteiger partial charge in [-0.1, -0.05) is 37.3 Å². The Morgan fingerprint density at radius 2 is 1.96 bits per heavy atom. The maximum atomic E-state index is 11.9.